The van der Waals surface area contributed by atoms with Gasteiger partial charge < -0.3 is 5.21 Å². The summed E-state index contributed by atoms with van der Waals surface area (Å²) in [7, 11) is 0. The highest BCUT2D eigenvalue weighted by Crippen LogP contribution is 2.20. The normalized spacial score (nSPS) is 10.6. The van der Waals surface area contributed by atoms with Gasteiger partial charge in [0.15, 0.2) is 0 Å². The molecule has 14 heavy (non-hydrogen) atoms. The van der Waals surface area contributed by atoms with Crippen molar-refractivity contribution in [3.05, 3.63) is 39.7 Å². The molecule has 0 aliphatic rings. The molecular formula is C8H7FN2O3. The Bertz CT molecular complexity index is 379. The Labute approximate surface area is 78.6 Å². The molecule has 0 unspecified atom stereocenters. The van der Waals surface area contributed by atoms with Crippen LogP contribution in [0.4, 0.5) is 10.1 Å². The van der Waals surface area contributed by atoms with Crippen molar-refractivity contribution in [2.45, 2.75) is 6.42 Å². The van der Waals surface area contributed by atoms with Gasteiger partial charge in [0.2, 0.25) is 0 Å². The fourth-order valence-electron chi connectivity index (χ4n) is 1.05. The zero-order valence-corrected chi connectivity index (χ0v) is 7.05. The van der Waals surface area contributed by atoms with E-state index in [1.807, 2.05) is 0 Å². The van der Waals surface area contributed by atoms with Crippen molar-refractivity contribution >= 4 is 11.9 Å². The highest BCUT2D eigenvalue weighted by atomic mass is 19.1. The van der Waals surface area contributed by atoms with E-state index in [9.17, 15) is 14.5 Å². The van der Waals surface area contributed by atoms with Crippen molar-refractivity contribution < 1.29 is 14.5 Å². The lowest BCUT2D eigenvalue weighted by atomic mass is 10.1. The van der Waals surface area contributed by atoms with Gasteiger partial charge in [-0.3, -0.25) is 10.1 Å². The minimum atomic E-state index is -0.681. The predicted molar refractivity (Wildman–Crippen MR) is 47.0 cm³/mol. The van der Waals surface area contributed by atoms with E-state index in [-0.39, 0.29) is 17.7 Å². The van der Waals surface area contributed by atoms with Crippen molar-refractivity contribution in [3.63, 3.8) is 0 Å². The van der Waals surface area contributed by atoms with E-state index >= 15 is 0 Å². The molecule has 6 heteroatoms. The smallest absolute Gasteiger partial charge is 0.275 e. The van der Waals surface area contributed by atoms with Gasteiger partial charge in [-0.1, -0.05) is 6.07 Å². The first-order valence-electron chi connectivity index (χ1n) is 3.74. The van der Waals surface area contributed by atoms with Crippen LogP contribution in [0.5, 0.6) is 0 Å². The summed E-state index contributed by atoms with van der Waals surface area (Å²) in [5.41, 5.74) is -0.403. The van der Waals surface area contributed by atoms with Gasteiger partial charge in [0.1, 0.15) is 5.82 Å². The molecule has 0 fully saturated rings. The standard InChI is InChI=1S/C8H7FN2O3/c9-7-2-1-3-8(11(13)14)6(7)4-5-10-12/h1-3,5,12H,4H2. The fourth-order valence-corrected chi connectivity index (χ4v) is 1.05. The SMILES string of the molecule is O=[N+]([O-])c1cccc(F)c1CC=NO. The van der Waals surface area contributed by atoms with Gasteiger partial charge in [-0.15, -0.1) is 5.16 Å². The Morgan fingerprint density at radius 3 is 2.93 bits per heavy atom. The van der Waals surface area contributed by atoms with Crippen molar-refractivity contribution in [2.75, 3.05) is 0 Å². The van der Waals surface area contributed by atoms with E-state index in [0.29, 0.717) is 0 Å². The van der Waals surface area contributed by atoms with Crippen LogP contribution in [-0.2, 0) is 6.42 Å². The van der Waals surface area contributed by atoms with E-state index in [1.165, 1.54) is 12.1 Å². The number of nitrogens with zero attached hydrogens (tertiary/aromatic N) is 2. The molecule has 0 heterocycles. The molecule has 0 saturated heterocycles. The van der Waals surface area contributed by atoms with E-state index in [0.717, 1.165) is 12.3 Å². The summed E-state index contributed by atoms with van der Waals surface area (Å²) in [6, 6.07) is 3.57. The van der Waals surface area contributed by atoms with Crippen molar-refractivity contribution in [2.24, 2.45) is 5.16 Å². The van der Waals surface area contributed by atoms with Crippen LogP contribution in [0.2, 0.25) is 0 Å². The molecule has 1 N–H and O–H groups in total. The zero-order valence-electron chi connectivity index (χ0n) is 7.05. The van der Waals surface area contributed by atoms with E-state index in [1.54, 1.807) is 0 Å². The molecule has 0 bridgehead atoms. The van der Waals surface area contributed by atoms with Crippen LogP contribution in [0, 0.1) is 15.9 Å². The number of benzene rings is 1. The lowest BCUT2D eigenvalue weighted by molar-refractivity contribution is -0.385. The van der Waals surface area contributed by atoms with E-state index in [4.69, 9.17) is 5.21 Å². The van der Waals surface area contributed by atoms with Crippen molar-refractivity contribution in [1.82, 2.24) is 0 Å². The maximum absolute atomic E-state index is 13.1. The van der Waals surface area contributed by atoms with Gasteiger partial charge in [0.25, 0.3) is 5.69 Å². The third-order valence-electron chi connectivity index (χ3n) is 1.67. The Hall–Kier alpha value is -1.98. The number of oxime groups is 1. The highest BCUT2D eigenvalue weighted by molar-refractivity contribution is 5.63. The first-order chi connectivity index (χ1) is 6.66. The summed E-state index contributed by atoms with van der Waals surface area (Å²) >= 11 is 0. The number of halogens is 1. The number of hydrogen-bond acceptors (Lipinski definition) is 4. The van der Waals surface area contributed by atoms with Gasteiger partial charge in [0, 0.05) is 18.7 Å². The predicted octanol–water partition coefficient (Wildman–Crippen LogP) is 1.74. The molecule has 0 atom stereocenters. The second-order valence-electron chi connectivity index (χ2n) is 2.50. The van der Waals surface area contributed by atoms with Crippen LogP contribution < -0.4 is 0 Å². The summed E-state index contributed by atoms with van der Waals surface area (Å²) in [4.78, 5) is 9.79. The van der Waals surface area contributed by atoms with Gasteiger partial charge in [0.05, 0.1) is 10.5 Å². The molecule has 0 aliphatic carbocycles. The van der Waals surface area contributed by atoms with Crippen LogP contribution >= 0.6 is 0 Å². The summed E-state index contributed by atoms with van der Waals surface area (Å²) in [6.07, 6.45) is 0.880. The average molecular weight is 198 g/mol. The second kappa shape index (κ2) is 4.31. The maximum atomic E-state index is 13.1. The third kappa shape index (κ3) is 2.03. The average Bonchev–Trinajstić information content (AvgIpc) is 2.15. The molecule has 74 valence electrons. The topological polar surface area (TPSA) is 75.7 Å². The van der Waals surface area contributed by atoms with Crippen molar-refractivity contribution in [1.29, 1.82) is 0 Å². The van der Waals surface area contributed by atoms with Gasteiger partial charge in [-0.25, -0.2) is 4.39 Å². The second-order valence-corrected chi connectivity index (χ2v) is 2.50. The first-order valence-corrected chi connectivity index (χ1v) is 3.74. The molecule has 0 radical (unpaired) electrons. The van der Waals surface area contributed by atoms with Crippen LogP contribution in [0.25, 0.3) is 0 Å². The maximum Gasteiger partial charge on any atom is 0.275 e. The Kier molecular flexibility index (Phi) is 3.11. The molecule has 0 amide bonds. The van der Waals surface area contributed by atoms with Gasteiger partial charge in [-0.05, 0) is 6.07 Å². The van der Waals surface area contributed by atoms with E-state index < -0.39 is 10.7 Å². The van der Waals surface area contributed by atoms with Gasteiger partial charge >= 0.3 is 0 Å². The monoisotopic (exact) mass is 198 g/mol. The Morgan fingerprint density at radius 2 is 2.36 bits per heavy atom. The lowest BCUT2D eigenvalue weighted by Crippen LogP contribution is -1.99. The molecule has 0 aliphatic heterocycles. The number of hydrogen-bond donors (Lipinski definition) is 1. The van der Waals surface area contributed by atoms with Crippen LogP contribution in [-0.4, -0.2) is 16.3 Å². The fraction of sp³-hybridized carbons (Fsp3) is 0.125. The van der Waals surface area contributed by atoms with Crippen molar-refractivity contribution in [3.8, 4) is 0 Å². The summed E-state index contributed by atoms with van der Waals surface area (Å²) < 4.78 is 13.1. The lowest BCUT2D eigenvalue weighted by Gasteiger charge is -1.99. The molecule has 0 spiro atoms. The summed E-state index contributed by atoms with van der Waals surface area (Å²) in [5.74, 6) is -0.681. The zero-order chi connectivity index (χ0) is 10.6. The largest absolute Gasteiger partial charge is 0.411 e. The molecule has 0 aromatic heterocycles. The molecule has 1 aromatic rings. The number of nitro groups is 1. The minimum absolute atomic E-state index is 0.0877. The first kappa shape index (κ1) is 10.1. The highest BCUT2D eigenvalue weighted by Gasteiger charge is 2.16. The quantitative estimate of drug-likeness (QED) is 0.348. The molecule has 0 saturated carbocycles. The minimum Gasteiger partial charge on any atom is -0.411 e. The number of nitro benzene ring substituents is 1. The Balaban J connectivity index is 3.15. The molecule has 5 nitrogen and oxygen atoms in total. The number of rotatable bonds is 3. The molecule has 1 rings (SSSR count). The Morgan fingerprint density at radius 1 is 1.64 bits per heavy atom. The van der Waals surface area contributed by atoms with Gasteiger partial charge in [-0.2, -0.15) is 0 Å². The molecule has 1 aromatic carbocycles. The van der Waals surface area contributed by atoms with E-state index in [2.05, 4.69) is 5.16 Å². The van der Waals surface area contributed by atoms with Crippen LogP contribution in [0.15, 0.2) is 23.4 Å². The summed E-state index contributed by atoms with van der Waals surface area (Å²) in [6.45, 7) is 0. The molecular weight excluding hydrogens is 191 g/mol. The third-order valence-corrected chi connectivity index (χ3v) is 1.67. The summed E-state index contributed by atoms with van der Waals surface area (Å²) in [5, 5.41) is 21.3. The van der Waals surface area contributed by atoms with Crippen LogP contribution in [0.3, 0.4) is 0 Å². The van der Waals surface area contributed by atoms with Crippen LogP contribution in [0.1, 0.15) is 5.56 Å².